The van der Waals surface area contributed by atoms with E-state index in [0.29, 0.717) is 24.3 Å². The summed E-state index contributed by atoms with van der Waals surface area (Å²) in [5, 5.41) is 3.63. The van der Waals surface area contributed by atoms with E-state index in [4.69, 9.17) is 0 Å². The van der Waals surface area contributed by atoms with E-state index >= 15 is 0 Å². The first-order valence-electron chi connectivity index (χ1n) is 9.67. The van der Waals surface area contributed by atoms with Crippen molar-refractivity contribution in [1.82, 2.24) is 9.62 Å². The van der Waals surface area contributed by atoms with Crippen molar-refractivity contribution in [2.75, 3.05) is 25.0 Å². The van der Waals surface area contributed by atoms with Crippen LogP contribution >= 0.6 is 0 Å². The van der Waals surface area contributed by atoms with Crippen molar-refractivity contribution in [3.63, 3.8) is 0 Å². The van der Waals surface area contributed by atoms with Crippen LogP contribution in [0.5, 0.6) is 0 Å². The Balaban J connectivity index is 1.94. The van der Waals surface area contributed by atoms with Gasteiger partial charge in [-0.25, -0.2) is 13.1 Å². The minimum atomic E-state index is -3.77. The van der Waals surface area contributed by atoms with Crippen molar-refractivity contribution < 1.29 is 18.0 Å². The molecule has 2 N–H and O–H groups in total. The molecule has 2 amide bonds. The summed E-state index contributed by atoms with van der Waals surface area (Å²) in [4.78, 5) is 26.2. The molecule has 2 aromatic carbocycles. The van der Waals surface area contributed by atoms with Crippen LogP contribution < -0.4 is 10.0 Å². The minimum Gasteiger partial charge on any atom is -0.339 e. The third-order valence-electron chi connectivity index (χ3n) is 4.39. The largest absolute Gasteiger partial charge is 0.339 e. The molecule has 0 heterocycles. The molecule has 0 spiro atoms. The molecule has 2 rings (SSSR count). The summed E-state index contributed by atoms with van der Waals surface area (Å²) in [7, 11) is -3.77. The summed E-state index contributed by atoms with van der Waals surface area (Å²) in [6.07, 6.45) is 1.46. The molecule has 0 aliphatic rings. The van der Waals surface area contributed by atoms with Gasteiger partial charge in [-0.05, 0) is 50.6 Å². The average Bonchev–Trinajstić information content (AvgIpc) is 2.73. The molecule has 0 aromatic heterocycles. The molecule has 2 aromatic rings. The smallest absolute Gasteiger partial charge is 0.253 e. The van der Waals surface area contributed by atoms with E-state index in [1.54, 1.807) is 41.3 Å². The molecule has 0 atom stereocenters. The SMILES string of the molecule is CCN(CC)C(=O)c1cccc(NC(=O)CNS(=O)(=O)C=Cc2ccc(C)cc2)c1. The van der Waals surface area contributed by atoms with Gasteiger partial charge in [-0.2, -0.15) is 0 Å². The van der Waals surface area contributed by atoms with Crippen LogP contribution in [0, 0.1) is 6.92 Å². The van der Waals surface area contributed by atoms with Crippen LogP contribution in [0.1, 0.15) is 35.3 Å². The number of hydrogen-bond acceptors (Lipinski definition) is 4. The first-order valence-corrected chi connectivity index (χ1v) is 11.2. The third-order valence-corrected chi connectivity index (χ3v) is 5.44. The van der Waals surface area contributed by atoms with Gasteiger partial charge in [0, 0.05) is 29.7 Å². The van der Waals surface area contributed by atoms with Gasteiger partial charge in [-0.1, -0.05) is 35.9 Å². The van der Waals surface area contributed by atoms with Crippen LogP contribution in [0.25, 0.3) is 6.08 Å². The van der Waals surface area contributed by atoms with Gasteiger partial charge in [0.15, 0.2) is 0 Å². The number of benzene rings is 2. The van der Waals surface area contributed by atoms with E-state index in [1.807, 2.05) is 32.9 Å². The predicted molar refractivity (Wildman–Crippen MR) is 119 cm³/mol. The number of amides is 2. The minimum absolute atomic E-state index is 0.127. The van der Waals surface area contributed by atoms with Crippen LogP contribution in [-0.2, 0) is 14.8 Å². The quantitative estimate of drug-likeness (QED) is 0.641. The molecule has 0 aliphatic heterocycles. The van der Waals surface area contributed by atoms with Gasteiger partial charge in [0.25, 0.3) is 5.91 Å². The van der Waals surface area contributed by atoms with Crippen LogP contribution in [0.2, 0.25) is 0 Å². The molecule has 0 radical (unpaired) electrons. The fraction of sp³-hybridized carbons (Fsp3) is 0.273. The Morgan fingerprint density at radius 2 is 1.70 bits per heavy atom. The van der Waals surface area contributed by atoms with Crippen molar-refractivity contribution in [3.05, 3.63) is 70.6 Å². The predicted octanol–water partition coefficient (Wildman–Crippen LogP) is 3.01. The molecule has 0 saturated heterocycles. The molecule has 160 valence electrons. The van der Waals surface area contributed by atoms with E-state index in [1.165, 1.54) is 6.08 Å². The highest BCUT2D eigenvalue weighted by molar-refractivity contribution is 7.92. The van der Waals surface area contributed by atoms with E-state index in [9.17, 15) is 18.0 Å². The molecule has 0 unspecified atom stereocenters. The highest BCUT2D eigenvalue weighted by atomic mass is 32.2. The van der Waals surface area contributed by atoms with Crippen molar-refractivity contribution in [2.45, 2.75) is 20.8 Å². The van der Waals surface area contributed by atoms with Crippen LogP contribution in [0.15, 0.2) is 53.9 Å². The highest BCUT2D eigenvalue weighted by Crippen LogP contribution is 2.13. The highest BCUT2D eigenvalue weighted by Gasteiger charge is 2.14. The number of nitrogens with zero attached hydrogens (tertiary/aromatic N) is 1. The summed E-state index contributed by atoms with van der Waals surface area (Å²) >= 11 is 0. The second-order valence-corrected chi connectivity index (χ2v) is 8.34. The number of anilines is 1. The number of nitrogens with one attached hydrogen (secondary N) is 2. The molecule has 30 heavy (non-hydrogen) atoms. The van der Waals surface area contributed by atoms with Crippen molar-refractivity contribution in [2.24, 2.45) is 0 Å². The maximum absolute atomic E-state index is 12.4. The lowest BCUT2D eigenvalue weighted by atomic mass is 10.1. The summed E-state index contributed by atoms with van der Waals surface area (Å²) in [6.45, 7) is 6.49. The number of sulfonamides is 1. The lowest BCUT2D eigenvalue weighted by Gasteiger charge is -2.19. The summed E-state index contributed by atoms with van der Waals surface area (Å²) in [5.41, 5.74) is 2.70. The van der Waals surface area contributed by atoms with E-state index in [0.717, 1.165) is 16.5 Å². The second kappa shape index (κ2) is 10.7. The van der Waals surface area contributed by atoms with Crippen LogP contribution in [0.4, 0.5) is 5.69 Å². The van der Waals surface area contributed by atoms with Gasteiger partial charge in [0.05, 0.1) is 6.54 Å². The number of aryl methyl sites for hydroxylation is 1. The number of carbonyl (C=O) groups excluding carboxylic acids is 2. The lowest BCUT2D eigenvalue weighted by molar-refractivity contribution is -0.115. The Bertz CT molecular complexity index is 1010. The van der Waals surface area contributed by atoms with Crippen molar-refractivity contribution in [1.29, 1.82) is 0 Å². The molecule has 0 fully saturated rings. The van der Waals surface area contributed by atoms with E-state index in [2.05, 4.69) is 10.0 Å². The first-order chi connectivity index (χ1) is 14.2. The lowest BCUT2D eigenvalue weighted by Crippen LogP contribution is -2.32. The topological polar surface area (TPSA) is 95.6 Å². The zero-order chi connectivity index (χ0) is 22.1. The third kappa shape index (κ3) is 7.13. The van der Waals surface area contributed by atoms with E-state index < -0.39 is 22.5 Å². The molecule has 0 aliphatic carbocycles. The summed E-state index contributed by atoms with van der Waals surface area (Å²) in [6, 6.07) is 13.9. The Hall–Kier alpha value is -2.97. The zero-order valence-electron chi connectivity index (χ0n) is 17.4. The Morgan fingerprint density at radius 3 is 2.33 bits per heavy atom. The number of hydrogen-bond donors (Lipinski definition) is 2. The maximum Gasteiger partial charge on any atom is 0.253 e. The van der Waals surface area contributed by atoms with Crippen molar-refractivity contribution >= 4 is 33.6 Å². The maximum atomic E-state index is 12.4. The van der Waals surface area contributed by atoms with Crippen LogP contribution in [-0.4, -0.2) is 44.8 Å². The first kappa shape index (κ1) is 23.3. The van der Waals surface area contributed by atoms with E-state index in [-0.39, 0.29) is 5.91 Å². The summed E-state index contributed by atoms with van der Waals surface area (Å²) in [5.74, 6) is -0.659. The Labute approximate surface area is 177 Å². The Kier molecular flexibility index (Phi) is 8.32. The molecule has 7 nitrogen and oxygen atoms in total. The van der Waals surface area contributed by atoms with Gasteiger partial charge >= 0.3 is 0 Å². The number of carbonyl (C=O) groups is 2. The molecular formula is C22H27N3O4S. The fourth-order valence-corrected chi connectivity index (χ4v) is 3.45. The van der Waals surface area contributed by atoms with Gasteiger partial charge in [0.1, 0.15) is 0 Å². The van der Waals surface area contributed by atoms with Crippen molar-refractivity contribution in [3.8, 4) is 0 Å². The van der Waals surface area contributed by atoms with Gasteiger partial charge < -0.3 is 10.2 Å². The van der Waals surface area contributed by atoms with Crippen LogP contribution in [0.3, 0.4) is 0 Å². The average molecular weight is 430 g/mol. The van der Waals surface area contributed by atoms with Gasteiger partial charge in [-0.3, -0.25) is 9.59 Å². The zero-order valence-corrected chi connectivity index (χ0v) is 18.2. The molecular weight excluding hydrogens is 402 g/mol. The standard InChI is InChI=1S/C22H27N3O4S/c1-4-25(5-2)22(27)19-7-6-8-20(15-19)24-21(26)16-23-30(28,29)14-13-18-11-9-17(3)10-12-18/h6-15,23H,4-5,16H2,1-3H3,(H,24,26). The monoisotopic (exact) mass is 429 g/mol. The number of rotatable bonds is 9. The molecule has 8 heteroatoms. The molecule has 0 bridgehead atoms. The molecule has 0 saturated carbocycles. The second-order valence-electron chi connectivity index (χ2n) is 6.69. The Morgan fingerprint density at radius 1 is 1.03 bits per heavy atom. The van der Waals surface area contributed by atoms with Gasteiger partial charge in [-0.15, -0.1) is 0 Å². The van der Waals surface area contributed by atoms with Gasteiger partial charge in [0.2, 0.25) is 15.9 Å². The normalized spacial score (nSPS) is 11.4. The fourth-order valence-electron chi connectivity index (χ4n) is 2.69. The summed E-state index contributed by atoms with van der Waals surface area (Å²) < 4.78 is 26.4.